The Hall–Kier alpha value is -1.60. The summed E-state index contributed by atoms with van der Waals surface area (Å²) in [5.74, 6) is -0.992. The van der Waals surface area contributed by atoms with Crippen molar-refractivity contribution >= 4 is 5.97 Å². The number of epoxide rings is 1. The van der Waals surface area contributed by atoms with Crippen molar-refractivity contribution in [2.75, 3.05) is 0 Å². The van der Waals surface area contributed by atoms with Gasteiger partial charge in [-0.2, -0.15) is 5.26 Å². The first kappa shape index (κ1) is 8.02. The fourth-order valence-corrected chi connectivity index (χ4v) is 1.54. The van der Waals surface area contributed by atoms with E-state index >= 15 is 0 Å². The number of hydrogen-bond donors (Lipinski definition) is 1. The second-order valence-corrected chi connectivity index (χ2v) is 3.15. The maximum absolute atomic E-state index is 10.2. The van der Waals surface area contributed by atoms with E-state index in [1.54, 1.807) is 6.08 Å². The van der Waals surface area contributed by atoms with E-state index in [-0.39, 0.29) is 6.10 Å². The van der Waals surface area contributed by atoms with Crippen LogP contribution >= 0.6 is 0 Å². The van der Waals surface area contributed by atoms with Gasteiger partial charge in [0.1, 0.15) is 11.7 Å². The van der Waals surface area contributed by atoms with Crippen molar-refractivity contribution in [1.29, 1.82) is 5.26 Å². The van der Waals surface area contributed by atoms with E-state index in [1.165, 1.54) is 6.08 Å². The summed E-state index contributed by atoms with van der Waals surface area (Å²) >= 11 is 0. The van der Waals surface area contributed by atoms with E-state index in [0.29, 0.717) is 12.0 Å². The standard InChI is InChI=1S/C9H7NO3/c10-5-6-3-7-9(4-6,13-7)2-1-8(11)12/h1-3,7H,4H2,(H,11,12)/b2-1+/t7-,9+/m0/s1. The van der Waals surface area contributed by atoms with Crippen LogP contribution in [0.1, 0.15) is 6.42 Å². The number of nitrogens with zero attached hydrogens (tertiary/aromatic N) is 1. The van der Waals surface area contributed by atoms with Gasteiger partial charge in [0.2, 0.25) is 0 Å². The molecule has 0 amide bonds. The van der Waals surface area contributed by atoms with Gasteiger partial charge in [0, 0.05) is 18.1 Å². The lowest BCUT2D eigenvalue weighted by atomic mass is 10.0. The van der Waals surface area contributed by atoms with Gasteiger partial charge in [0.25, 0.3) is 0 Å². The SMILES string of the molecule is N#CC1=C[C@@H]2O[C@]2(/C=C/C(=O)O)C1. The van der Waals surface area contributed by atoms with Crippen LogP contribution in [0.2, 0.25) is 0 Å². The Kier molecular flexibility index (Phi) is 1.51. The van der Waals surface area contributed by atoms with Crippen molar-refractivity contribution in [1.82, 2.24) is 0 Å². The minimum atomic E-state index is -0.992. The lowest BCUT2D eigenvalue weighted by Gasteiger charge is -1.99. The number of ether oxygens (including phenoxy) is 1. The Morgan fingerprint density at radius 1 is 1.92 bits per heavy atom. The summed E-state index contributed by atoms with van der Waals surface area (Å²) in [5, 5.41) is 17.0. The highest BCUT2D eigenvalue weighted by atomic mass is 16.6. The number of hydrogen-bond acceptors (Lipinski definition) is 3. The second kappa shape index (κ2) is 2.44. The Labute approximate surface area is 74.7 Å². The van der Waals surface area contributed by atoms with E-state index in [1.807, 2.05) is 6.07 Å². The minimum Gasteiger partial charge on any atom is -0.478 e. The summed E-state index contributed by atoms with van der Waals surface area (Å²) in [6, 6.07) is 2.04. The summed E-state index contributed by atoms with van der Waals surface area (Å²) in [6.07, 6.45) is 4.73. The zero-order chi connectivity index (χ0) is 9.47. The smallest absolute Gasteiger partial charge is 0.328 e. The highest BCUT2D eigenvalue weighted by molar-refractivity contribution is 5.80. The molecule has 1 N–H and O–H groups in total. The molecule has 4 nitrogen and oxygen atoms in total. The van der Waals surface area contributed by atoms with Gasteiger partial charge in [-0.3, -0.25) is 0 Å². The first-order chi connectivity index (χ1) is 6.16. The summed E-state index contributed by atoms with van der Waals surface area (Å²) in [5.41, 5.74) is 0.162. The molecule has 1 heterocycles. The maximum atomic E-state index is 10.2. The van der Waals surface area contributed by atoms with E-state index in [2.05, 4.69) is 0 Å². The fourth-order valence-electron chi connectivity index (χ4n) is 1.54. The van der Waals surface area contributed by atoms with Crippen LogP contribution in [0.5, 0.6) is 0 Å². The summed E-state index contributed by atoms with van der Waals surface area (Å²) in [7, 11) is 0. The molecule has 66 valence electrons. The van der Waals surface area contributed by atoms with Gasteiger partial charge in [-0.05, 0) is 12.2 Å². The van der Waals surface area contributed by atoms with Crippen molar-refractivity contribution in [2.45, 2.75) is 18.1 Å². The van der Waals surface area contributed by atoms with Crippen molar-refractivity contribution in [3.63, 3.8) is 0 Å². The number of carboxylic acid groups (broad SMARTS) is 1. The van der Waals surface area contributed by atoms with Crippen molar-refractivity contribution in [2.24, 2.45) is 0 Å². The molecule has 1 aliphatic carbocycles. The number of aliphatic carboxylic acids is 1. The lowest BCUT2D eigenvalue weighted by Crippen LogP contribution is -2.07. The predicted octanol–water partition coefficient (Wildman–Crippen LogP) is 0.618. The van der Waals surface area contributed by atoms with E-state index in [0.717, 1.165) is 6.08 Å². The second-order valence-electron chi connectivity index (χ2n) is 3.15. The van der Waals surface area contributed by atoms with E-state index < -0.39 is 11.6 Å². The van der Waals surface area contributed by atoms with E-state index in [4.69, 9.17) is 15.1 Å². The quantitative estimate of drug-likeness (QED) is 0.495. The van der Waals surface area contributed by atoms with Crippen LogP contribution in [0.4, 0.5) is 0 Å². The molecule has 1 saturated heterocycles. The zero-order valence-electron chi connectivity index (χ0n) is 6.73. The molecule has 2 atom stereocenters. The predicted molar refractivity (Wildman–Crippen MR) is 42.7 cm³/mol. The van der Waals surface area contributed by atoms with Crippen LogP contribution in [0.3, 0.4) is 0 Å². The molecule has 0 aromatic heterocycles. The number of rotatable bonds is 2. The van der Waals surface area contributed by atoms with Crippen LogP contribution in [-0.4, -0.2) is 22.8 Å². The number of carbonyl (C=O) groups is 1. The first-order valence-electron chi connectivity index (χ1n) is 3.87. The Morgan fingerprint density at radius 3 is 3.23 bits per heavy atom. The minimum absolute atomic E-state index is 0.0854. The van der Waals surface area contributed by atoms with Gasteiger partial charge in [-0.1, -0.05) is 0 Å². The molecule has 13 heavy (non-hydrogen) atoms. The molecule has 2 aliphatic rings. The molecule has 0 aromatic carbocycles. The maximum Gasteiger partial charge on any atom is 0.328 e. The molecule has 0 aromatic rings. The molecule has 0 bridgehead atoms. The monoisotopic (exact) mass is 177 g/mol. The van der Waals surface area contributed by atoms with Crippen molar-refractivity contribution in [3.8, 4) is 6.07 Å². The molecule has 2 rings (SSSR count). The average Bonchev–Trinajstić information content (AvgIpc) is 2.66. The third-order valence-corrected chi connectivity index (χ3v) is 2.24. The number of fused-ring (bicyclic) bond motifs is 1. The molecule has 0 spiro atoms. The van der Waals surface area contributed by atoms with Crippen molar-refractivity contribution in [3.05, 3.63) is 23.8 Å². The summed E-state index contributed by atoms with van der Waals surface area (Å²) in [4.78, 5) is 10.2. The normalized spacial score (nSPS) is 35.3. The van der Waals surface area contributed by atoms with Crippen LogP contribution in [-0.2, 0) is 9.53 Å². The molecule has 0 saturated carbocycles. The summed E-state index contributed by atoms with van der Waals surface area (Å²) in [6.45, 7) is 0. The van der Waals surface area contributed by atoms with Gasteiger partial charge in [-0.25, -0.2) is 4.79 Å². The largest absolute Gasteiger partial charge is 0.478 e. The molecular weight excluding hydrogens is 170 g/mol. The third-order valence-electron chi connectivity index (χ3n) is 2.24. The fraction of sp³-hybridized carbons (Fsp3) is 0.333. The van der Waals surface area contributed by atoms with Crippen molar-refractivity contribution < 1.29 is 14.6 Å². The van der Waals surface area contributed by atoms with Gasteiger partial charge in [0.15, 0.2) is 0 Å². The Morgan fingerprint density at radius 2 is 2.69 bits per heavy atom. The lowest BCUT2D eigenvalue weighted by molar-refractivity contribution is -0.131. The highest BCUT2D eigenvalue weighted by Crippen LogP contribution is 2.49. The molecular formula is C9H7NO3. The molecule has 1 aliphatic heterocycles. The number of carboxylic acids is 1. The Balaban J connectivity index is 2.08. The number of nitriles is 1. The van der Waals surface area contributed by atoms with Gasteiger partial charge < -0.3 is 9.84 Å². The highest BCUT2D eigenvalue weighted by Gasteiger charge is 2.57. The first-order valence-corrected chi connectivity index (χ1v) is 3.87. The average molecular weight is 177 g/mol. The summed E-state index contributed by atoms with van der Waals surface area (Å²) < 4.78 is 5.25. The van der Waals surface area contributed by atoms with Gasteiger partial charge in [-0.15, -0.1) is 0 Å². The topological polar surface area (TPSA) is 73.6 Å². The third kappa shape index (κ3) is 1.23. The Bertz CT molecular complexity index is 364. The molecule has 4 heteroatoms. The van der Waals surface area contributed by atoms with Gasteiger partial charge >= 0.3 is 5.97 Å². The van der Waals surface area contributed by atoms with Crippen LogP contribution in [0, 0.1) is 11.3 Å². The van der Waals surface area contributed by atoms with Crippen LogP contribution in [0.15, 0.2) is 23.8 Å². The molecule has 1 fully saturated rings. The molecule has 0 radical (unpaired) electrons. The molecule has 0 unspecified atom stereocenters. The van der Waals surface area contributed by atoms with Gasteiger partial charge in [0.05, 0.1) is 6.07 Å². The zero-order valence-corrected chi connectivity index (χ0v) is 6.73. The van der Waals surface area contributed by atoms with Crippen LogP contribution in [0.25, 0.3) is 0 Å². The van der Waals surface area contributed by atoms with Crippen LogP contribution < -0.4 is 0 Å². The van der Waals surface area contributed by atoms with E-state index in [9.17, 15) is 4.79 Å².